The van der Waals surface area contributed by atoms with Crippen molar-refractivity contribution in [1.29, 1.82) is 0 Å². The van der Waals surface area contributed by atoms with Gasteiger partial charge in [-0.1, -0.05) is 0 Å². The summed E-state index contributed by atoms with van der Waals surface area (Å²) in [7, 11) is 0. The van der Waals surface area contributed by atoms with Gasteiger partial charge in [0.15, 0.2) is 0 Å². The number of halogens is 2. The topological polar surface area (TPSA) is 0 Å². The Hall–Kier alpha value is -4.04. The van der Waals surface area contributed by atoms with Gasteiger partial charge in [0.2, 0.25) is 0 Å². The van der Waals surface area contributed by atoms with E-state index < -0.39 is 20.3 Å². The van der Waals surface area contributed by atoms with Crippen LogP contribution >= 0.6 is 0 Å². The number of fused-ring (bicyclic) bond motifs is 6. The van der Waals surface area contributed by atoms with E-state index in [9.17, 15) is 0 Å². The number of allylic oxidation sites excluding steroid dienone is 2. The Labute approximate surface area is 340 Å². The first-order chi connectivity index (χ1) is 24.9. The van der Waals surface area contributed by atoms with E-state index in [1.165, 1.54) is 76.5 Å². The largest absolute Gasteiger partial charge is 1.00 e. The summed E-state index contributed by atoms with van der Waals surface area (Å²) in [5, 5.41) is 10.5. The molecule has 0 N–H and O–H groups in total. The predicted molar refractivity (Wildman–Crippen MR) is 230 cm³/mol. The number of hydrogen-bond acceptors (Lipinski definition) is 0. The van der Waals surface area contributed by atoms with Crippen molar-refractivity contribution in [3.8, 4) is 22.3 Å². The third kappa shape index (κ3) is 5.72. The van der Waals surface area contributed by atoms with Crippen LogP contribution in [0.15, 0.2) is 157 Å². The summed E-state index contributed by atoms with van der Waals surface area (Å²) in [4.78, 5) is 0. The summed E-state index contributed by atoms with van der Waals surface area (Å²) in [5.74, 6) is 0. The molecule has 8 aromatic rings. The van der Waals surface area contributed by atoms with Gasteiger partial charge in [-0.15, -0.1) is 0 Å². The summed E-state index contributed by atoms with van der Waals surface area (Å²) >= 11 is -3.08. The van der Waals surface area contributed by atoms with Gasteiger partial charge in [-0.3, -0.25) is 0 Å². The van der Waals surface area contributed by atoms with Crippen LogP contribution in [0.25, 0.3) is 77.5 Å². The van der Waals surface area contributed by atoms with Gasteiger partial charge in [0, 0.05) is 0 Å². The van der Waals surface area contributed by atoms with Gasteiger partial charge >= 0.3 is 307 Å². The Morgan fingerprint density at radius 3 is 1.06 bits per heavy atom. The number of hydrogen-bond donors (Lipinski definition) is 0. The molecule has 10 rings (SSSR count). The average molecular weight is 835 g/mol. The van der Waals surface area contributed by atoms with Crippen LogP contribution in [0.1, 0.15) is 43.4 Å². The maximum Gasteiger partial charge on any atom is -0.0149 e. The van der Waals surface area contributed by atoms with Crippen LogP contribution in [-0.2, 0) is 20.3 Å². The molecule has 0 fully saturated rings. The standard InChI is InChI=1S/2C24H17.2CH3.2ClH.H4Si.Zr/c2*1-16-13-17-9-6-12-22(23(17)14-16)24-20-10-4-2-7-18(20)15-19-8-3-5-11-21(19)24;;;;;;/h2*2-15H,1H3;2*1H3;2*1H;1H4;/q;;;;;;;+2/p-2. The Kier molecular flexibility index (Phi) is 10.3. The fraction of sp³-hybridized carbons (Fsp3) is 0.120. The van der Waals surface area contributed by atoms with Crippen LogP contribution < -0.4 is 24.8 Å². The molecule has 0 aromatic heterocycles. The molecule has 0 aliphatic heterocycles. The minimum Gasteiger partial charge on any atom is -1.00 e. The van der Waals surface area contributed by atoms with Gasteiger partial charge in [-0.2, -0.15) is 0 Å². The molecule has 2 unspecified atom stereocenters. The van der Waals surface area contributed by atoms with Gasteiger partial charge in [-0.05, 0) is 11.0 Å². The first kappa shape index (κ1) is 38.2. The zero-order chi connectivity index (χ0) is 34.4. The average Bonchev–Trinajstić information content (AvgIpc) is 3.69. The van der Waals surface area contributed by atoms with E-state index in [1.54, 1.807) is 22.3 Å². The molecule has 4 heteroatoms. The van der Waals surface area contributed by atoms with E-state index in [4.69, 9.17) is 0 Å². The molecule has 54 heavy (non-hydrogen) atoms. The van der Waals surface area contributed by atoms with Gasteiger partial charge in [0.05, 0.1) is 0 Å². The summed E-state index contributed by atoms with van der Waals surface area (Å²) in [5.41, 5.74) is 14.5. The van der Waals surface area contributed by atoms with Crippen molar-refractivity contribution in [1.82, 2.24) is 0 Å². The van der Waals surface area contributed by atoms with E-state index in [2.05, 4.69) is 181 Å². The van der Waals surface area contributed by atoms with Crippen LogP contribution in [0.3, 0.4) is 0 Å². The molecule has 0 spiro atoms. The minimum atomic E-state index is -3.08. The molecule has 0 heterocycles. The minimum absolute atomic E-state index is 0. The molecule has 0 saturated carbocycles. The smallest absolute Gasteiger partial charge is 0.0149 e. The first-order valence-corrected chi connectivity index (χ1v) is 26.1. The molecule has 2 atom stereocenters. The fourth-order valence-corrected chi connectivity index (χ4v) is 22.5. The summed E-state index contributed by atoms with van der Waals surface area (Å²) in [6.07, 6.45) is 5.11. The van der Waals surface area contributed by atoms with Crippen LogP contribution in [-0.4, -0.2) is 11.0 Å². The van der Waals surface area contributed by atoms with Crippen LogP contribution in [0.2, 0.25) is 9.26 Å². The second-order valence-corrected chi connectivity index (χ2v) is 27.3. The molecule has 0 radical (unpaired) electrons. The zero-order valence-corrected chi connectivity index (χ0v) is 34.4. The third-order valence-electron chi connectivity index (χ3n) is 12.1. The number of benzene rings is 8. The van der Waals surface area contributed by atoms with Crippen molar-refractivity contribution in [3.63, 3.8) is 0 Å². The summed E-state index contributed by atoms with van der Waals surface area (Å²) in [6.45, 7) is 4.84. The van der Waals surface area contributed by atoms with Crippen LogP contribution in [0, 0.1) is 0 Å². The molecule has 266 valence electrons. The predicted octanol–water partition coefficient (Wildman–Crippen LogP) is 7.06. The molecule has 0 bridgehead atoms. The zero-order valence-electron chi connectivity index (χ0n) is 30.4. The van der Waals surface area contributed by atoms with Crippen molar-refractivity contribution in [3.05, 3.63) is 179 Å². The number of rotatable bonds is 4. The van der Waals surface area contributed by atoms with Crippen molar-refractivity contribution < 1.29 is 45.1 Å². The molecule has 2 aliphatic rings. The SMILES string of the molecule is CC1=Cc2c(-c3c4ccccc4cc4ccccc34)cccc2[CH]1[Zr+2]([CH3])([CH3])[CH]1C(C)=Cc2c(-c3c4ccccc4cc4ccccc34)cccc21.[Cl-].[Cl-].[SiH4]. The first-order valence-electron chi connectivity index (χ1n) is 18.3. The Bertz CT molecular complexity index is 2530. The maximum absolute atomic E-state index is 3.08. The van der Waals surface area contributed by atoms with Gasteiger partial charge < -0.3 is 24.8 Å². The third-order valence-corrected chi connectivity index (χ3v) is 23.2. The van der Waals surface area contributed by atoms with Crippen LogP contribution in [0.5, 0.6) is 0 Å². The Morgan fingerprint density at radius 2 is 0.722 bits per heavy atom. The molecule has 0 amide bonds. The van der Waals surface area contributed by atoms with Crippen molar-refractivity contribution in [2.24, 2.45) is 0 Å². The van der Waals surface area contributed by atoms with Crippen molar-refractivity contribution in [2.45, 2.75) is 30.4 Å². The van der Waals surface area contributed by atoms with E-state index in [0.717, 1.165) is 0 Å². The van der Waals surface area contributed by atoms with E-state index >= 15 is 0 Å². The van der Waals surface area contributed by atoms with E-state index in [0.29, 0.717) is 7.25 Å². The Morgan fingerprint density at radius 1 is 0.407 bits per heavy atom. The Balaban J connectivity index is 0.00000150. The van der Waals surface area contributed by atoms with Crippen LogP contribution in [0.4, 0.5) is 0 Å². The van der Waals surface area contributed by atoms with E-state index in [1.807, 2.05) is 0 Å². The molecule has 2 aliphatic carbocycles. The van der Waals surface area contributed by atoms with Crippen molar-refractivity contribution in [2.75, 3.05) is 0 Å². The van der Waals surface area contributed by atoms with Gasteiger partial charge in [0.25, 0.3) is 0 Å². The van der Waals surface area contributed by atoms with Crippen molar-refractivity contribution >= 4 is 66.2 Å². The van der Waals surface area contributed by atoms with Gasteiger partial charge in [0.1, 0.15) is 0 Å². The quantitative estimate of drug-likeness (QED) is 0.132. The molecule has 8 aromatic carbocycles. The molecular formula is C50H44Cl2SiZr. The second-order valence-electron chi connectivity index (χ2n) is 15.5. The molecular weight excluding hydrogens is 791 g/mol. The normalized spacial score (nSPS) is 15.6. The van der Waals surface area contributed by atoms with E-state index in [-0.39, 0.29) is 35.8 Å². The fourth-order valence-electron chi connectivity index (χ4n) is 10.3. The summed E-state index contributed by atoms with van der Waals surface area (Å²) < 4.78 is 6.44. The summed E-state index contributed by atoms with van der Waals surface area (Å²) in [6, 6.07) is 54.7. The molecule has 0 saturated heterocycles. The van der Waals surface area contributed by atoms with Gasteiger partial charge in [-0.25, -0.2) is 0 Å². The monoisotopic (exact) mass is 832 g/mol. The maximum atomic E-state index is 2.73. The molecule has 0 nitrogen and oxygen atoms in total. The second kappa shape index (κ2) is 14.6.